The Kier molecular flexibility index (Phi) is 5.26. The molecule has 2 aromatic rings. The van der Waals surface area contributed by atoms with Crippen molar-refractivity contribution < 1.29 is 0 Å². The first-order valence-electron chi connectivity index (χ1n) is 5.24. The molecule has 0 N–H and O–H groups in total. The standard InChI is InChI=1S/C13H12Cl2P2/c14-17(15)11-16(12-7-3-1-4-8-12)13-9-5-2-6-10-13/h1-10H,11H2. The smallest absolute Gasteiger partial charge is 0.0777 e. The first-order chi connectivity index (χ1) is 8.27. The summed E-state index contributed by atoms with van der Waals surface area (Å²) in [5, 5.41) is 2.67. The number of rotatable bonds is 4. The van der Waals surface area contributed by atoms with Gasteiger partial charge in [0.25, 0.3) is 0 Å². The molecular weight excluding hydrogens is 289 g/mol. The number of benzene rings is 2. The predicted molar refractivity (Wildman–Crippen MR) is 82.6 cm³/mol. The molecule has 0 aliphatic carbocycles. The highest BCUT2D eigenvalue weighted by atomic mass is 35.9. The maximum atomic E-state index is 6.02. The molecule has 0 spiro atoms. The average molecular weight is 301 g/mol. The zero-order valence-corrected chi connectivity index (χ0v) is 12.4. The lowest BCUT2D eigenvalue weighted by Gasteiger charge is -2.18. The largest absolute Gasteiger partial charge is 0.0904 e. The molecule has 0 atom stereocenters. The normalized spacial score (nSPS) is 11.1. The van der Waals surface area contributed by atoms with E-state index in [9.17, 15) is 0 Å². The molecule has 0 heterocycles. The molecule has 0 aliphatic heterocycles. The fraction of sp³-hybridized carbons (Fsp3) is 0.0769. The highest BCUT2D eigenvalue weighted by Gasteiger charge is 2.16. The quantitative estimate of drug-likeness (QED) is 0.707. The van der Waals surface area contributed by atoms with Crippen molar-refractivity contribution in [3.05, 3.63) is 60.7 Å². The molecule has 0 radical (unpaired) electrons. The number of hydrogen-bond acceptors (Lipinski definition) is 0. The van der Waals surface area contributed by atoms with Gasteiger partial charge in [0.2, 0.25) is 0 Å². The van der Waals surface area contributed by atoms with Gasteiger partial charge in [-0.05, 0) is 18.5 Å². The second-order valence-electron chi connectivity index (χ2n) is 3.54. The van der Waals surface area contributed by atoms with Crippen LogP contribution >= 0.6 is 37.0 Å². The molecule has 0 nitrogen and oxygen atoms in total. The SMILES string of the molecule is ClP(Cl)CP(c1ccccc1)c1ccccc1. The van der Waals surface area contributed by atoms with Gasteiger partial charge in [0.05, 0.1) is 6.63 Å². The van der Waals surface area contributed by atoms with Crippen molar-refractivity contribution in [2.45, 2.75) is 0 Å². The van der Waals surface area contributed by atoms with E-state index in [-0.39, 0.29) is 0 Å². The van der Waals surface area contributed by atoms with E-state index in [1.165, 1.54) is 10.6 Å². The monoisotopic (exact) mass is 300 g/mol. The molecule has 4 heteroatoms. The second-order valence-corrected chi connectivity index (χ2v) is 10.1. The molecule has 0 fully saturated rings. The lowest BCUT2D eigenvalue weighted by atomic mass is 10.4. The highest BCUT2D eigenvalue weighted by molar-refractivity contribution is 8.09. The Morgan fingerprint density at radius 2 is 1.12 bits per heavy atom. The van der Waals surface area contributed by atoms with Crippen molar-refractivity contribution in [3.8, 4) is 0 Å². The molecule has 0 aromatic heterocycles. The van der Waals surface area contributed by atoms with Gasteiger partial charge in [-0.15, -0.1) is 0 Å². The van der Waals surface area contributed by atoms with Crippen LogP contribution in [0.4, 0.5) is 0 Å². The zero-order chi connectivity index (χ0) is 12.1. The molecule has 2 aromatic carbocycles. The maximum absolute atomic E-state index is 6.02. The van der Waals surface area contributed by atoms with E-state index in [1.807, 2.05) is 12.1 Å². The van der Waals surface area contributed by atoms with Crippen LogP contribution < -0.4 is 10.6 Å². The van der Waals surface area contributed by atoms with Crippen molar-refractivity contribution in [1.82, 2.24) is 0 Å². The molecule has 2 rings (SSSR count). The number of hydrogen-bond donors (Lipinski definition) is 0. The van der Waals surface area contributed by atoms with E-state index in [2.05, 4.69) is 48.5 Å². The first-order valence-corrected chi connectivity index (χ1v) is 10.1. The van der Waals surface area contributed by atoms with Gasteiger partial charge < -0.3 is 0 Å². The fourth-order valence-electron chi connectivity index (χ4n) is 1.64. The van der Waals surface area contributed by atoms with Crippen LogP contribution in [-0.2, 0) is 0 Å². The van der Waals surface area contributed by atoms with Crippen LogP contribution in [0.3, 0.4) is 0 Å². The van der Waals surface area contributed by atoms with Gasteiger partial charge in [-0.3, -0.25) is 0 Å². The predicted octanol–water partition coefficient (Wildman–Crippen LogP) is 4.87. The van der Waals surface area contributed by atoms with Crippen LogP contribution in [0.5, 0.6) is 0 Å². The summed E-state index contributed by atoms with van der Waals surface area (Å²) in [5.74, 6) is 0.863. The van der Waals surface area contributed by atoms with Crippen molar-refractivity contribution in [2.24, 2.45) is 0 Å². The Morgan fingerprint density at radius 3 is 1.47 bits per heavy atom. The Morgan fingerprint density at radius 1 is 0.706 bits per heavy atom. The molecule has 0 amide bonds. The van der Waals surface area contributed by atoms with Crippen molar-refractivity contribution in [3.63, 3.8) is 0 Å². The van der Waals surface area contributed by atoms with Crippen LogP contribution in [0, 0.1) is 0 Å². The third-order valence-electron chi connectivity index (χ3n) is 2.38. The van der Waals surface area contributed by atoms with Crippen LogP contribution in [-0.4, -0.2) is 5.90 Å². The van der Waals surface area contributed by atoms with Crippen LogP contribution in [0.1, 0.15) is 0 Å². The molecule has 0 saturated heterocycles. The zero-order valence-electron chi connectivity index (χ0n) is 9.13. The van der Waals surface area contributed by atoms with Gasteiger partial charge in [-0.25, -0.2) is 0 Å². The van der Waals surface area contributed by atoms with Gasteiger partial charge in [-0.1, -0.05) is 83.1 Å². The summed E-state index contributed by atoms with van der Waals surface area (Å²) in [6.45, 7) is -0.914. The lowest BCUT2D eigenvalue weighted by Crippen LogP contribution is -2.12. The average Bonchev–Trinajstić information content (AvgIpc) is 2.38. The molecular formula is C13H12Cl2P2. The Labute approximate surface area is 114 Å². The van der Waals surface area contributed by atoms with Crippen molar-refractivity contribution in [2.75, 3.05) is 5.90 Å². The van der Waals surface area contributed by atoms with Gasteiger partial charge in [0.1, 0.15) is 0 Å². The molecule has 17 heavy (non-hydrogen) atoms. The summed E-state index contributed by atoms with van der Waals surface area (Å²) in [6.07, 6.45) is 0. The highest BCUT2D eigenvalue weighted by Crippen LogP contribution is 2.56. The Bertz CT molecular complexity index is 406. The third-order valence-corrected chi connectivity index (χ3v) is 8.14. The van der Waals surface area contributed by atoms with E-state index in [1.54, 1.807) is 0 Å². The van der Waals surface area contributed by atoms with Crippen molar-refractivity contribution in [1.29, 1.82) is 0 Å². The minimum atomic E-state index is -0.914. The summed E-state index contributed by atoms with van der Waals surface area (Å²) < 4.78 is 0. The topological polar surface area (TPSA) is 0 Å². The molecule has 88 valence electrons. The van der Waals surface area contributed by atoms with E-state index in [0.29, 0.717) is 0 Å². The molecule has 0 unspecified atom stereocenters. The summed E-state index contributed by atoms with van der Waals surface area (Å²) in [4.78, 5) is 0. The lowest BCUT2D eigenvalue weighted by molar-refractivity contribution is 1.75. The first kappa shape index (κ1) is 13.3. The van der Waals surface area contributed by atoms with E-state index >= 15 is 0 Å². The van der Waals surface area contributed by atoms with Crippen LogP contribution in [0.15, 0.2) is 60.7 Å². The molecule has 0 bridgehead atoms. The number of halogens is 2. The van der Waals surface area contributed by atoms with Crippen LogP contribution in [0.25, 0.3) is 0 Å². The van der Waals surface area contributed by atoms with E-state index in [0.717, 1.165) is 5.90 Å². The second kappa shape index (κ2) is 6.72. The Balaban J connectivity index is 2.32. The molecule has 0 saturated carbocycles. The van der Waals surface area contributed by atoms with Gasteiger partial charge in [-0.2, -0.15) is 0 Å². The minimum Gasteiger partial charge on any atom is -0.0777 e. The summed E-state index contributed by atoms with van der Waals surface area (Å²) in [6, 6.07) is 21.0. The summed E-state index contributed by atoms with van der Waals surface area (Å²) in [7, 11) is -0.425. The van der Waals surface area contributed by atoms with Gasteiger partial charge >= 0.3 is 0 Å². The van der Waals surface area contributed by atoms with Gasteiger partial charge in [0.15, 0.2) is 0 Å². The minimum absolute atomic E-state index is 0.425. The van der Waals surface area contributed by atoms with E-state index in [4.69, 9.17) is 22.5 Å². The van der Waals surface area contributed by atoms with Crippen LogP contribution in [0.2, 0.25) is 0 Å². The van der Waals surface area contributed by atoms with Gasteiger partial charge in [0, 0.05) is 5.90 Å². The maximum Gasteiger partial charge on any atom is 0.0904 e. The van der Waals surface area contributed by atoms with Crippen molar-refractivity contribution >= 4 is 47.6 Å². The fourth-order valence-corrected chi connectivity index (χ4v) is 7.08. The van der Waals surface area contributed by atoms with E-state index < -0.39 is 14.5 Å². The summed E-state index contributed by atoms with van der Waals surface area (Å²) >= 11 is 12.0. The molecule has 0 aliphatic rings. The summed E-state index contributed by atoms with van der Waals surface area (Å²) in [5.41, 5.74) is 0. The Hall–Kier alpha value is -0.120. The third kappa shape index (κ3) is 3.94.